The molecule has 0 unspecified atom stereocenters. The molecule has 0 saturated carbocycles. The Kier molecular flexibility index (Phi) is 4.64. The van der Waals surface area contributed by atoms with Crippen molar-refractivity contribution in [1.82, 2.24) is 10.2 Å². The number of alkyl halides is 1. The van der Waals surface area contributed by atoms with E-state index >= 15 is 0 Å². The third kappa shape index (κ3) is 3.43. The number of amides is 1. The van der Waals surface area contributed by atoms with Gasteiger partial charge in [0.05, 0.1) is 0 Å². The van der Waals surface area contributed by atoms with Gasteiger partial charge in [-0.2, -0.15) is 0 Å². The molecule has 78 valence electrons. The summed E-state index contributed by atoms with van der Waals surface area (Å²) in [5.41, 5.74) is 0. The van der Waals surface area contributed by atoms with E-state index in [1.807, 2.05) is 6.92 Å². The third-order valence-electron chi connectivity index (χ3n) is 1.27. The Bertz CT molecular complexity index is 316. The highest BCUT2D eigenvalue weighted by molar-refractivity contribution is 8.01. The summed E-state index contributed by atoms with van der Waals surface area (Å²) in [5, 5.41) is 10.2. The zero-order valence-electron chi connectivity index (χ0n) is 7.78. The highest BCUT2D eigenvalue weighted by Crippen LogP contribution is 2.25. The van der Waals surface area contributed by atoms with E-state index in [1.165, 1.54) is 11.3 Å². The van der Waals surface area contributed by atoms with Gasteiger partial charge in [-0.05, 0) is 12.7 Å². The molecule has 4 nitrogen and oxygen atoms in total. The summed E-state index contributed by atoms with van der Waals surface area (Å²) in [7, 11) is 0. The largest absolute Gasteiger partial charge is 0.299 e. The first-order valence-electron chi connectivity index (χ1n) is 4.04. The number of carbonyl (C=O) groups is 1. The van der Waals surface area contributed by atoms with Crippen LogP contribution in [0.2, 0.25) is 0 Å². The smallest absolute Gasteiger partial charge is 0.243 e. The molecule has 0 radical (unpaired) electrons. The van der Waals surface area contributed by atoms with Crippen molar-refractivity contribution >= 4 is 45.7 Å². The first-order valence-corrected chi connectivity index (χ1v) is 6.28. The summed E-state index contributed by atoms with van der Waals surface area (Å²) >= 11 is 8.53. The van der Waals surface area contributed by atoms with Crippen LogP contribution in [0.15, 0.2) is 4.34 Å². The average molecular weight is 252 g/mol. The zero-order chi connectivity index (χ0) is 10.6. The number of hydrogen-bond acceptors (Lipinski definition) is 5. The van der Waals surface area contributed by atoms with Crippen LogP contribution in [0.25, 0.3) is 0 Å². The lowest BCUT2D eigenvalue weighted by atomic mass is 10.4. The van der Waals surface area contributed by atoms with E-state index in [4.69, 9.17) is 11.6 Å². The lowest BCUT2D eigenvalue weighted by Gasteiger charge is -2.00. The molecule has 1 atom stereocenters. The van der Waals surface area contributed by atoms with Crippen LogP contribution in [0.4, 0.5) is 5.13 Å². The first kappa shape index (κ1) is 11.7. The van der Waals surface area contributed by atoms with Crippen LogP contribution in [-0.2, 0) is 4.79 Å². The number of rotatable bonds is 4. The van der Waals surface area contributed by atoms with Gasteiger partial charge in [-0.25, -0.2) is 0 Å². The van der Waals surface area contributed by atoms with Crippen molar-refractivity contribution in [1.29, 1.82) is 0 Å². The maximum absolute atomic E-state index is 11.2. The van der Waals surface area contributed by atoms with Crippen LogP contribution < -0.4 is 5.32 Å². The van der Waals surface area contributed by atoms with Crippen LogP contribution in [0.5, 0.6) is 0 Å². The molecule has 1 aromatic rings. The second kappa shape index (κ2) is 5.53. The van der Waals surface area contributed by atoms with Crippen molar-refractivity contribution in [3.63, 3.8) is 0 Å². The van der Waals surface area contributed by atoms with Crippen LogP contribution in [0.3, 0.4) is 0 Å². The summed E-state index contributed by atoms with van der Waals surface area (Å²) in [6, 6.07) is 0. The van der Waals surface area contributed by atoms with Gasteiger partial charge in [-0.15, -0.1) is 21.8 Å². The summed E-state index contributed by atoms with van der Waals surface area (Å²) in [6.07, 6.45) is 0. The zero-order valence-corrected chi connectivity index (χ0v) is 10.2. The van der Waals surface area contributed by atoms with E-state index in [0.29, 0.717) is 5.13 Å². The Morgan fingerprint density at radius 1 is 1.71 bits per heavy atom. The second-order valence-corrected chi connectivity index (χ2v) is 5.55. The summed E-state index contributed by atoms with van der Waals surface area (Å²) in [5.74, 6) is 0.685. The number of halogens is 1. The Morgan fingerprint density at radius 2 is 2.43 bits per heavy atom. The fourth-order valence-corrected chi connectivity index (χ4v) is 2.35. The van der Waals surface area contributed by atoms with Gasteiger partial charge >= 0.3 is 0 Å². The normalized spacial score (nSPS) is 12.5. The SMILES string of the molecule is CCSc1nnc(NC(=O)[C@@H](C)Cl)s1. The van der Waals surface area contributed by atoms with E-state index in [2.05, 4.69) is 15.5 Å². The number of carbonyl (C=O) groups excluding carboxylic acids is 1. The maximum atomic E-state index is 11.2. The maximum Gasteiger partial charge on any atom is 0.243 e. The van der Waals surface area contributed by atoms with E-state index in [-0.39, 0.29) is 5.91 Å². The second-order valence-electron chi connectivity index (χ2n) is 2.41. The molecular weight excluding hydrogens is 242 g/mol. The molecule has 1 rings (SSSR count). The van der Waals surface area contributed by atoms with Crippen molar-refractivity contribution in [2.24, 2.45) is 0 Å². The number of thioether (sulfide) groups is 1. The Balaban J connectivity index is 2.55. The number of nitrogens with one attached hydrogen (secondary N) is 1. The molecule has 0 aromatic carbocycles. The minimum absolute atomic E-state index is 0.254. The molecule has 14 heavy (non-hydrogen) atoms. The molecule has 0 aliphatic carbocycles. The van der Waals surface area contributed by atoms with Gasteiger partial charge in [0.1, 0.15) is 5.38 Å². The molecule has 1 amide bonds. The van der Waals surface area contributed by atoms with Gasteiger partial charge < -0.3 is 0 Å². The quantitative estimate of drug-likeness (QED) is 0.507. The highest BCUT2D eigenvalue weighted by Gasteiger charge is 2.12. The third-order valence-corrected chi connectivity index (χ3v) is 3.32. The molecule has 0 fully saturated rings. The number of hydrogen-bond donors (Lipinski definition) is 1. The predicted molar refractivity (Wildman–Crippen MR) is 60.3 cm³/mol. The minimum atomic E-state index is -0.554. The van der Waals surface area contributed by atoms with Gasteiger partial charge in [0.25, 0.3) is 0 Å². The van der Waals surface area contributed by atoms with Crippen molar-refractivity contribution in [2.45, 2.75) is 23.6 Å². The lowest BCUT2D eigenvalue weighted by Crippen LogP contribution is -2.20. The molecule has 7 heteroatoms. The molecule has 0 aliphatic heterocycles. The van der Waals surface area contributed by atoms with Crippen LogP contribution in [0, 0.1) is 0 Å². The van der Waals surface area contributed by atoms with Crippen molar-refractivity contribution in [2.75, 3.05) is 11.1 Å². The summed E-state index contributed by atoms with van der Waals surface area (Å²) in [6.45, 7) is 3.64. The molecular formula is C7H10ClN3OS2. The number of aromatic nitrogens is 2. The molecule has 0 spiro atoms. The fraction of sp³-hybridized carbons (Fsp3) is 0.571. The molecule has 0 saturated heterocycles. The van der Waals surface area contributed by atoms with Gasteiger partial charge in [-0.1, -0.05) is 30.0 Å². The van der Waals surface area contributed by atoms with E-state index < -0.39 is 5.38 Å². The first-order chi connectivity index (χ1) is 6.63. The summed E-state index contributed by atoms with van der Waals surface area (Å²) in [4.78, 5) is 11.2. The van der Waals surface area contributed by atoms with Gasteiger partial charge in [0, 0.05) is 0 Å². The van der Waals surface area contributed by atoms with Gasteiger partial charge in [-0.3, -0.25) is 10.1 Å². The van der Waals surface area contributed by atoms with Crippen molar-refractivity contribution < 1.29 is 4.79 Å². The lowest BCUT2D eigenvalue weighted by molar-refractivity contribution is -0.115. The number of anilines is 1. The standard InChI is InChI=1S/C7H10ClN3OS2/c1-3-13-7-11-10-6(14-7)9-5(12)4(2)8/h4H,3H2,1-2H3,(H,9,10,12)/t4-/m1/s1. The number of nitrogens with zero attached hydrogens (tertiary/aromatic N) is 2. The predicted octanol–water partition coefficient (Wildman–Crippen LogP) is 2.22. The van der Waals surface area contributed by atoms with Gasteiger partial charge in [0.2, 0.25) is 11.0 Å². The topological polar surface area (TPSA) is 54.9 Å². The van der Waals surface area contributed by atoms with E-state index in [9.17, 15) is 4.79 Å². The molecule has 0 bridgehead atoms. The van der Waals surface area contributed by atoms with E-state index in [1.54, 1.807) is 18.7 Å². The molecule has 1 N–H and O–H groups in total. The van der Waals surface area contributed by atoms with Crippen LogP contribution >= 0.6 is 34.7 Å². The monoisotopic (exact) mass is 251 g/mol. The van der Waals surface area contributed by atoms with E-state index in [0.717, 1.165) is 10.1 Å². The van der Waals surface area contributed by atoms with Gasteiger partial charge in [0.15, 0.2) is 4.34 Å². The highest BCUT2D eigenvalue weighted by atomic mass is 35.5. The van der Waals surface area contributed by atoms with Crippen LogP contribution in [-0.4, -0.2) is 27.2 Å². The fourth-order valence-electron chi connectivity index (χ4n) is 0.647. The minimum Gasteiger partial charge on any atom is -0.299 e. The van der Waals surface area contributed by atoms with Crippen LogP contribution in [0.1, 0.15) is 13.8 Å². The Hall–Kier alpha value is -0.330. The Morgan fingerprint density at radius 3 is 3.00 bits per heavy atom. The molecule has 1 aromatic heterocycles. The summed E-state index contributed by atoms with van der Waals surface area (Å²) < 4.78 is 0.852. The van der Waals surface area contributed by atoms with Crippen molar-refractivity contribution in [3.05, 3.63) is 0 Å². The molecule has 0 aliphatic rings. The molecule has 1 heterocycles. The Labute approximate surface area is 95.4 Å². The average Bonchev–Trinajstić information content (AvgIpc) is 2.53. The van der Waals surface area contributed by atoms with Crippen molar-refractivity contribution in [3.8, 4) is 0 Å².